The molecule has 3 rings (SSSR count). The van der Waals surface area contributed by atoms with E-state index in [2.05, 4.69) is 17.0 Å². The molecular weight excluding hydrogens is 314 g/mol. The molecule has 4 heteroatoms. The van der Waals surface area contributed by atoms with E-state index in [0.717, 1.165) is 30.8 Å². The number of hydrogen-bond acceptors (Lipinski definition) is 4. The van der Waals surface area contributed by atoms with Crippen molar-refractivity contribution in [2.45, 2.75) is 31.7 Å². The van der Waals surface area contributed by atoms with Gasteiger partial charge in [-0.2, -0.15) is 0 Å². The Balaban J connectivity index is 1.95. The van der Waals surface area contributed by atoms with E-state index in [1.165, 1.54) is 5.56 Å². The number of carbonyl (C=O) groups is 1. The average molecular weight is 339 g/mol. The van der Waals surface area contributed by atoms with Gasteiger partial charge < -0.3 is 14.4 Å². The van der Waals surface area contributed by atoms with Crippen molar-refractivity contribution in [2.24, 2.45) is 0 Å². The SMILES string of the molecule is CCOC(=O)[C@H]1[C@@H](c2ccccc2)CCCN1c1ccc(OC)cc1. The van der Waals surface area contributed by atoms with Gasteiger partial charge in [-0.15, -0.1) is 0 Å². The van der Waals surface area contributed by atoms with Crippen molar-refractivity contribution in [1.82, 2.24) is 0 Å². The zero-order valence-electron chi connectivity index (χ0n) is 14.9. The topological polar surface area (TPSA) is 38.8 Å². The number of ether oxygens (including phenoxy) is 2. The number of benzene rings is 2. The number of anilines is 1. The summed E-state index contributed by atoms with van der Waals surface area (Å²) in [5.74, 6) is 0.802. The van der Waals surface area contributed by atoms with Crippen LogP contribution in [0.4, 0.5) is 5.69 Å². The summed E-state index contributed by atoms with van der Waals surface area (Å²) >= 11 is 0. The molecule has 0 N–H and O–H groups in total. The molecule has 4 nitrogen and oxygen atoms in total. The molecular formula is C21H25NO3. The van der Waals surface area contributed by atoms with Crippen LogP contribution in [0.3, 0.4) is 0 Å². The Morgan fingerprint density at radius 1 is 1.12 bits per heavy atom. The van der Waals surface area contributed by atoms with Gasteiger partial charge in [0.1, 0.15) is 11.8 Å². The summed E-state index contributed by atoms with van der Waals surface area (Å²) in [5.41, 5.74) is 2.22. The highest BCUT2D eigenvalue weighted by Crippen LogP contribution is 2.36. The Morgan fingerprint density at radius 2 is 1.84 bits per heavy atom. The van der Waals surface area contributed by atoms with Crippen LogP contribution in [0.15, 0.2) is 54.6 Å². The first-order valence-electron chi connectivity index (χ1n) is 8.87. The first-order valence-corrected chi connectivity index (χ1v) is 8.87. The predicted molar refractivity (Wildman–Crippen MR) is 99.2 cm³/mol. The van der Waals surface area contributed by atoms with Gasteiger partial charge in [-0.25, -0.2) is 4.79 Å². The van der Waals surface area contributed by atoms with Crippen LogP contribution in [0.5, 0.6) is 5.75 Å². The maximum absolute atomic E-state index is 12.8. The van der Waals surface area contributed by atoms with E-state index in [1.54, 1.807) is 7.11 Å². The second kappa shape index (κ2) is 8.06. The Labute approximate surface area is 149 Å². The van der Waals surface area contributed by atoms with Gasteiger partial charge in [0, 0.05) is 18.2 Å². The number of nitrogens with zero attached hydrogens (tertiary/aromatic N) is 1. The lowest BCUT2D eigenvalue weighted by molar-refractivity contribution is -0.145. The van der Waals surface area contributed by atoms with Gasteiger partial charge in [0.15, 0.2) is 0 Å². The quantitative estimate of drug-likeness (QED) is 0.772. The molecule has 0 spiro atoms. The van der Waals surface area contributed by atoms with Crippen molar-refractivity contribution in [3.8, 4) is 5.75 Å². The molecule has 2 aromatic carbocycles. The fourth-order valence-electron chi connectivity index (χ4n) is 3.63. The molecule has 0 unspecified atom stereocenters. The Kier molecular flexibility index (Phi) is 5.59. The number of piperidine rings is 1. The minimum Gasteiger partial charge on any atom is -0.497 e. The van der Waals surface area contributed by atoms with E-state index in [1.807, 2.05) is 49.4 Å². The van der Waals surface area contributed by atoms with Crippen molar-refractivity contribution in [2.75, 3.05) is 25.2 Å². The lowest BCUT2D eigenvalue weighted by atomic mass is 9.83. The minimum atomic E-state index is -0.301. The molecule has 0 bridgehead atoms. The fourth-order valence-corrected chi connectivity index (χ4v) is 3.63. The van der Waals surface area contributed by atoms with Crippen LogP contribution in [0.2, 0.25) is 0 Å². The summed E-state index contributed by atoms with van der Waals surface area (Å²) in [4.78, 5) is 15.0. The molecule has 1 heterocycles. The van der Waals surface area contributed by atoms with E-state index in [-0.39, 0.29) is 17.9 Å². The number of rotatable bonds is 5. The summed E-state index contributed by atoms with van der Waals surface area (Å²) in [7, 11) is 1.66. The third-order valence-corrected chi connectivity index (χ3v) is 4.79. The second-order valence-corrected chi connectivity index (χ2v) is 6.25. The highest BCUT2D eigenvalue weighted by Gasteiger charge is 2.38. The molecule has 1 saturated heterocycles. The van der Waals surface area contributed by atoms with Crippen LogP contribution >= 0.6 is 0 Å². The van der Waals surface area contributed by atoms with Crippen molar-refractivity contribution in [3.05, 3.63) is 60.2 Å². The maximum Gasteiger partial charge on any atom is 0.329 e. The number of esters is 1. The molecule has 0 aliphatic carbocycles. The van der Waals surface area contributed by atoms with Crippen LogP contribution in [0.1, 0.15) is 31.2 Å². The molecule has 0 radical (unpaired) electrons. The van der Waals surface area contributed by atoms with Crippen molar-refractivity contribution in [1.29, 1.82) is 0 Å². The maximum atomic E-state index is 12.8. The molecule has 0 amide bonds. The second-order valence-electron chi connectivity index (χ2n) is 6.25. The van der Waals surface area contributed by atoms with E-state index >= 15 is 0 Å². The lowest BCUT2D eigenvalue weighted by Gasteiger charge is -2.41. The van der Waals surface area contributed by atoms with E-state index in [9.17, 15) is 4.79 Å². The van der Waals surface area contributed by atoms with E-state index < -0.39 is 0 Å². The van der Waals surface area contributed by atoms with Gasteiger partial charge in [-0.05, 0) is 49.6 Å². The largest absolute Gasteiger partial charge is 0.497 e. The molecule has 2 aromatic rings. The zero-order chi connectivity index (χ0) is 17.6. The smallest absolute Gasteiger partial charge is 0.329 e. The van der Waals surface area contributed by atoms with Crippen LogP contribution in [0, 0.1) is 0 Å². The van der Waals surface area contributed by atoms with E-state index in [0.29, 0.717) is 6.61 Å². The summed E-state index contributed by atoms with van der Waals surface area (Å²) in [5, 5.41) is 0. The van der Waals surface area contributed by atoms with Crippen LogP contribution < -0.4 is 9.64 Å². The number of hydrogen-bond donors (Lipinski definition) is 0. The summed E-state index contributed by atoms with van der Waals surface area (Å²) in [6.45, 7) is 3.10. The van der Waals surface area contributed by atoms with Gasteiger partial charge in [0.05, 0.1) is 13.7 Å². The lowest BCUT2D eigenvalue weighted by Crippen LogP contribution is -2.50. The summed E-state index contributed by atoms with van der Waals surface area (Å²) in [6, 6.07) is 17.9. The van der Waals surface area contributed by atoms with Crippen molar-refractivity contribution in [3.63, 3.8) is 0 Å². The van der Waals surface area contributed by atoms with Gasteiger partial charge >= 0.3 is 5.97 Å². The zero-order valence-corrected chi connectivity index (χ0v) is 14.9. The fraction of sp³-hybridized carbons (Fsp3) is 0.381. The first-order chi connectivity index (χ1) is 12.2. The first kappa shape index (κ1) is 17.3. The molecule has 2 atom stereocenters. The standard InChI is InChI=1S/C21H25NO3/c1-3-25-21(23)20-19(16-8-5-4-6-9-16)10-7-15-22(20)17-11-13-18(24-2)14-12-17/h4-6,8-9,11-14,19-20H,3,7,10,15H2,1-2H3/t19-,20-/m1/s1. The molecule has 0 saturated carbocycles. The average Bonchev–Trinajstić information content (AvgIpc) is 2.68. The Morgan fingerprint density at radius 3 is 2.48 bits per heavy atom. The molecule has 132 valence electrons. The van der Waals surface area contributed by atoms with Crippen LogP contribution in [0.25, 0.3) is 0 Å². The third kappa shape index (κ3) is 3.78. The summed E-state index contributed by atoms with van der Waals surface area (Å²) in [6.07, 6.45) is 2.03. The highest BCUT2D eigenvalue weighted by molar-refractivity contribution is 5.82. The van der Waals surface area contributed by atoms with Crippen LogP contribution in [-0.2, 0) is 9.53 Å². The molecule has 1 aliphatic heterocycles. The Bertz CT molecular complexity index is 684. The number of carbonyl (C=O) groups excluding carboxylic acids is 1. The minimum absolute atomic E-state index is 0.135. The van der Waals surface area contributed by atoms with Gasteiger partial charge in [0.2, 0.25) is 0 Å². The van der Waals surface area contributed by atoms with Gasteiger partial charge in [-0.3, -0.25) is 0 Å². The molecule has 0 aromatic heterocycles. The normalized spacial score (nSPS) is 20.2. The highest BCUT2D eigenvalue weighted by atomic mass is 16.5. The monoisotopic (exact) mass is 339 g/mol. The molecule has 1 fully saturated rings. The Hall–Kier alpha value is -2.49. The number of methoxy groups -OCH3 is 1. The van der Waals surface area contributed by atoms with E-state index in [4.69, 9.17) is 9.47 Å². The molecule has 25 heavy (non-hydrogen) atoms. The summed E-state index contributed by atoms with van der Waals surface area (Å²) < 4.78 is 10.7. The molecule has 1 aliphatic rings. The predicted octanol–water partition coefficient (Wildman–Crippen LogP) is 4.01. The van der Waals surface area contributed by atoms with Gasteiger partial charge in [0.25, 0.3) is 0 Å². The van der Waals surface area contributed by atoms with Crippen LogP contribution in [-0.4, -0.2) is 32.3 Å². The van der Waals surface area contributed by atoms with Crippen molar-refractivity contribution < 1.29 is 14.3 Å². The van der Waals surface area contributed by atoms with Gasteiger partial charge in [-0.1, -0.05) is 30.3 Å². The van der Waals surface area contributed by atoms with Crippen molar-refractivity contribution >= 4 is 11.7 Å². The third-order valence-electron chi connectivity index (χ3n) is 4.79.